The van der Waals surface area contributed by atoms with Crippen molar-refractivity contribution in [3.63, 3.8) is 0 Å². The molecule has 2 rings (SSSR count). The van der Waals surface area contributed by atoms with Crippen molar-refractivity contribution in [2.45, 2.75) is 6.42 Å². The van der Waals surface area contributed by atoms with Gasteiger partial charge in [-0.1, -0.05) is 24.3 Å². The number of methoxy groups -OCH3 is 1. The molecule has 0 heterocycles. The lowest BCUT2D eigenvalue weighted by molar-refractivity contribution is 0.202. The van der Waals surface area contributed by atoms with Gasteiger partial charge >= 0.3 is 0 Å². The molecule has 1 N–H and O–H groups in total. The number of hydrogen-bond acceptors (Lipinski definition) is 3. The van der Waals surface area contributed by atoms with E-state index in [-0.39, 0.29) is 0 Å². The number of ether oxygens (including phenoxy) is 1. The molecule has 2 aromatic rings. The molecule has 0 fully saturated rings. The first kappa shape index (κ1) is 14.6. The van der Waals surface area contributed by atoms with Crippen LogP contribution in [0.3, 0.4) is 0 Å². The fourth-order valence-corrected chi connectivity index (χ4v) is 2.41. The summed E-state index contributed by atoms with van der Waals surface area (Å²) in [6.07, 6.45) is 0.829. The van der Waals surface area contributed by atoms with E-state index in [1.807, 2.05) is 36.4 Å². The van der Waals surface area contributed by atoms with Gasteiger partial charge in [0.25, 0.3) is 0 Å². The number of rotatable bonds is 5. The van der Waals surface area contributed by atoms with Gasteiger partial charge in [-0.2, -0.15) is 5.26 Å². The fraction of sp³-hybridized carbons (Fsp3) is 0.188. The first-order chi connectivity index (χ1) is 9.76. The highest BCUT2D eigenvalue weighted by Gasteiger charge is 2.08. The second-order valence-electron chi connectivity index (χ2n) is 4.30. The van der Waals surface area contributed by atoms with E-state index in [0.717, 1.165) is 22.3 Å². The molecule has 2 aromatic carbocycles. The number of nitrogens with zero attached hydrogens (tertiary/aromatic N) is 1. The average Bonchev–Trinajstić information content (AvgIpc) is 2.47. The number of benzene rings is 2. The molecule has 20 heavy (non-hydrogen) atoms. The summed E-state index contributed by atoms with van der Waals surface area (Å²) in [7, 11) is 1.69. The first-order valence-electron chi connectivity index (χ1n) is 6.28. The zero-order chi connectivity index (χ0) is 14.4. The van der Waals surface area contributed by atoms with Crippen molar-refractivity contribution in [1.82, 2.24) is 0 Å². The van der Waals surface area contributed by atoms with E-state index in [9.17, 15) is 5.26 Å². The molecule has 0 bridgehead atoms. The molecule has 0 spiro atoms. The summed E-state index contributed by atoms with van der Waals surface area (Å²) in [6.45, 7) is 0.669. The van der Waals surface area contributed by atoms with Crippen molar-refractivity contribution in [2.24, 2.45) is 0 Å². The average molecular weight is 331 g/mol. The molecule has 0 atom stereocenters. The Morgan fingerprint density at radius 2 is 1.90 bits per heavy atom. The minimum atomic E-state index is 0.606. The zero-order valence-electron chi connectivity index (χ0n) is 11.2. The minimum Gasteiger partial charge on any atom is -0.384 e. The zero-order valence-corrected chi connectivity index (χ0v) is 12.8. The van der Waals surface area contributed by atoms with E-state index in [4.69, 9.17) is 4.74 Å². The maximum Gasteiger partial charge on any atom is 0.103 e. The number of nitrogens with one attached hydrogen (secondary N) is 1. The Kier molecular flexibility index (Phi) is 5.16. The number of halogens is 1. The Morgan fingerprint density at radius 1 is 1.15 bits per heavy atom. The molecule has 0 aliphatic carbocycles. The van der Waals surface area contributed by atoms with Crippen molar-refractivity contribution >= 4 is 27.3 Å². The van der Waals surface area contributed by atoms with Crippen LogP contribution in [0.2, 0.25) is 0 Å². The summed E-state index contributed by atoms with van der Waals surface area (Å²) < 4.78 is 5.92. The van der Waals surface area contributed by atoms with Crippen LogP contribution in [0.1, 0.15) is 11.1 Å². The molecule has 0 saturated heterocycles. The van der Waals surface area contributed by atoms with Crippen LogP contribution >= 0.6 is 15.9 Å². The van der Waals surface area contributed by atoms with Crippen molar-refractivity contribution in [1.29, 1.82) is 5.26 Å². The van der Waals surface area contributed by atoms with Gasteiger partial charge in [-0.3, -0.25) is 0 Å². The van der Waals surface area contributed by atoms with Crippen molar-refractivity contribution in [3.8, 4) is 6.07 Å². The lowest BCUT2D eigenvalue weighted by atomic mass is 10.1. The lowest BCUT2D eigenvalue weighted by Crippen LogP contribution is -2.01. The highest BCUT2D eigenvalue weighted by Crippen LogP contribution is 2.28. The Labute approximate surface area is 127 Å². The minimum absolute atomic E-state index is 0.606. The highest BCUT2D eigenvalue weighted by molar-refractivity contribution is 9.10. The molecule has 0 aliphatic heterocycles. The summed E-state index contributed by atoms with van der Waals surface area (Å²) >= 11 is 3.40. The second-order valence-corrected chi connectivity index (χ2v) is 5.15. The van der Waals surface area contributed by atoms with Gasteiger partial charge in [0, 0.05) is 17.3 Å². The van der Waals surface area contributed by atoms with E-state index in [1.165, 1.54) is 5.56 Å². The smallest absolute Gasteiger partial charge is 0.103 e. The van der Waals surface area contributed by atoms with Gasteiger partial charge in [-0.05, 0) is 46.1 Å². The summed E-state index contributed by atoms with van der Waals surface area (Å²) in [4.78, 5) is 0. The monoisotopic (exact) mass is 330 g/mol. The van der Waals surface area contributed by atoms with Crippen LogP contribution in [-0.4, -0.2) is 13.7 Å². The molecular formula is C16H15BrN2O. The second kappa shape index (κ2) is 7.09. The van der Waals surface area contributed by atoms with Crippen molar-refractivity contribution < 1.29 is 4.74 Å². The normalized spacial score (nSPS) is 10.1. The third kappa shape index (κ3) is 3.38. The number of para-hydroxylation sites is 1. The summed E-state index contributed by atoms with van der Waals surface area (Å²) in [5, 5.41) is 12.6. The largest absolute Gasteiger partial charge is 0.384 e. The van der Waals surface area contributed by atoms with E-state index >= 15 is 0 Å². The quantitative estimate of drug-likeness (QED) is 0.891. The summed E-state index contributed by atoms with van der Waals surface area (Å²) in [5.41, 5.74) is 3.57. The predicted octanol–water partition coefficient (Wildman–Crippen LogP) is 4.25. The van der Waals surface area contributed by atoms with E-state index in [2.05, 4.69) is 33.4 Å². The van der Waals surface area contributed by atoms with Crippen LogP contribution in [0, 0.1) is 11.3 Å². The van der Waals surface area contributed by atoms with Crippen LogP contribution in [0.25, 0.3) is 0 Å². The van der Waals surface area contributed by atoms with Crippen molar-refractivity contribution in [2.75, 3.05) is 19.0 Å². The number of anilines is 2. The maximum atomic E-state index is 9.25. The van der Waals surface area contributed by atoms with Gasteiger partial charge in [-0.15, -0.1) is 0 Å². The van der Waals surface area contributed by atoms with Gasteiger partial charge in [0.2, 0.25) is 0 Å². The summed E-state index contributed by atoms with van der Waals surface area (Å²) in [6, 6.07) is 15.9. The third-order valence-electron chi connectivity index (χ3n) is 2.99. The molecule has 102 valence electrons. The summed E-state index contributed by atoms with van der Waals surface area (Å²) in [5.74, 6) is 0. The topological polar surface area (TPSA) is 45.0 Å². The molecule has 0 amide bonds. The van der Waals surface area contributed by atoms with Crippen LogP contribution in [0.15, 0.2) is 46.9 Å². The van der Waals surface area contributed by atoms with Gasteiger partial charge in [-0.25, -0.2) is 0 Å². The van der Waals surface area contributed by atoms with Crippen LogP contribution in [0.4, 0.5) is 11.4 Å². The van der Waals surface area contributed by atoms with Crippen LogP contribution in [-0.2, 0) is 11.2 Å². The molecule has 0 radical (unpaired) electrons. The molecule has 0 aromatic heterocycles. The fourth-order valence-electron chi connectivity index (χ4n) is 1.96. The molecule has 3 nitrogen and oxygen atoms in total. The third-order valence-corrected chi connectivity index (χ3v) is 3.65. The SMILES string of the molecule is COCCc1ccccc1Nc1cccc(Br)c1C#N. The standard InChI is InChI=1S/C16H15BrN2O/c1-20-10-9-12-5-2-3-7-15(12)19-16-8-4-6-14(17)13(16)11-18/h2-8,19H,9-10H2,1H3. The molecule has 0 aliphatic rings. The van der Waals surface area contributed by atoms with Gasteiger partial charge in [0.15, 0.2) is 0 Å². The predicted molar refractivity (Wildman–Crippen MR) is 84.2 cm³/mol. The van der Waals surface area contributed by atoms with Gasteiger partial charge in [0.1, 0.15) is 6.07 Å². The Bertz CT molecular complexity index is 635. The van der Waals surface area contributed by atoms with Gasteiger partial charge in [0.05, 0.1) is 17.9 Å². The van der Waals surface area contributed by atoms with Gasteiger partial charge < -0.3 is 10.1 Å². The van der Waals surface area contributed by atoms with Crippen LogP contribution < -0.4 is 5.32 Å². The van der Waals surface area contributed by atoms with Crippen molar-refractivity contribution in [3.05, 3.63) is 58.1 Å². The first-order valence-corrected chi connectivity index (χ1v) is 7.08. The molecule has 0 saturated carbocycles. The van der Waals surface area contributed by atoms with E-state index < -0.39 is 0 Å². The van der Waals surface area contributed by atoms with E-state index in [1.54, 1.807) is 7.11 Å². The molecule has 0 unspecified atom stereocenters. The highest BCUT2D eigenvalue weighted by atomic mass is 79.9. The Balaban J connectivity index is 2.31. The lowest BCUT2D eigenvalue weighted by Gasteiger charge is -2.13. The molecular weight excluding hydrogens is 316 g/mol. The Hall–Kier alpha value is -1.83. The maximum absolute atomic E-state index is 9.25. The molecule has 4 heteroatoms. The Morgan fingerprint density at radius 3 is 2.65 bits per heavy atom. The van der Waals surface area contributed by atoms with E-state index in [0.29, 0.717) is 12.2 Å². The number of hydrogen-bond donors (Lipinski definition) is 1. The number of nitriles is 1. The van der Waals surface area contributed by atoms with Crippen LogP contribution in [0.5, 0.6) is 0 Å².